The molecule has 5 rings (SSSR count). The molecule has 2 aliphatic rings. The van der Waals surface area contributed by atoms with Crippen molar-refractivity contribution in [2.45, 2.75) is 25.3 Å². The van der Waals surface area contributed by atoms with E-state index >= 15 is 0 Å². The number of nitrogens with zero attached hydrogens (tertiary/aromatic N) is 4. The van der Waals surface area contributed by atoms with Gasteiger partial charge < -0.3 is 4.90 Å². The van der Waals surface area contributed by atoms with Crippen LogP contribution < -0.4 is 10.9 Å². The van der Waals surface area contributed by atoms with E-state index in [0.29, 0.717) is 29.3 Å². The molecule has 2 saturated heterocycles. The Labute approximate surface area is 170 Å². The van der Waals surface area contributed by atoms with Crippen LogP contribution in [0, 0.1) is 11.8 Å². The maximum absolute atomic E-state index is 13.1. The number of hydrogen-bond acceptors (Lipinski definition) is 5. The number of carbonyl (C=O) groups is 1. The Kier molecular flexibility index (Phi) is 4.99. The monoisotopic (exact) mass is 390 g/mol. The van der Waals surface area contributed by atoms with E-state index in [0.717, 1.165) is 38.9 Å². The first-order valence-electron chi connectivity index (χ1n) is 10.4. The van der Waals surface area contributed by atoms with Gasteiger partial charge in [0.05, 0.1) is 0 Å². The topological polar surface area (TPSA) is 74.6 Å². The molecule has 7 heteroatoms. The van der Waals surface area contributed by atoms with Crippen LogP contribution in [0.3, 0.4) is 0 Å². The third-order valence-electron chi connectivity index (χ3n) is 6.19. The van der Waals surface area contributed by atoms with Crippen molar-refractivity contribution in [1.29, 1.82) is 0 Å². The molecule has 0 bridgehead atoms. The second-order valence-corrected chi connectivity index (χ2v) is 8.11. The molecule has 3 aromatic rings. The van der Waals surface area contributed by atoms with Crippen molar-refractivity contribution in [3.63, 3.8) is 0 Å². The number of hydrogen-bond donors (Lipinski definition) is 2. The standard InChI is InChI=1S/C22H26N6O/c29-21(19-15-28-11-5-9-23-22(28)25-19)27-10-4-8-17(14-27)20-18(13-24-26-20)12-16-6-2-1-3-7-16/h1-3,5-7,9,11,15,17-18,20,24,26H,4,8,10,12-14H2. The second kappa shape index (κ2) is 7.93. The van der Waals surface area contributed by atoms with E-state index in [2.05, 4.69) is 51.2 Å². The van der Waals surface area contributed by atoms with Gasteiger partial charge in [-0.15, -0.1) is 0 Å². The number of fused-ring (bicyclic) bond motifs is 1. The van der Waals surface area contributed by atoms with Crippen molar-refractivity contribution in [2.24, 2.45) is 11.8 Å². The van der Waals surface area contributed by atoms with Crippen LogP contribution in [0.25, 0.3) is 5.78 Å². The van der Waals surface area contributed by atoms with Crippen LogP contribution in [-0.2, 0) is 6.42 Å². The van der Waals surface area contributed by atoms with E-state index in [-0.39, 0.29) is 5.91 Å². The van der Waals surface area contributed by atoms with Crippen molar-refractivity contribution in [2.75, 3.05) is 19.6 Å². The summed E-state index contributed by atoms with van der Waals surface area (Å²) in [5.41, 5.74) is 8.70. The van der Waals surface area contributed by atoms with Gasteiger partial charge in [-0.3, -0.25) is 20.0 Å². The predicted octanol–water partition coefficient (Wildman–Crippen LogP) is 1.92. The Morgan fingerprint density at radius 2 is 2.10 bits per heavy atom. The summed E-state index contributed by atoms with van der Waals surface area (Å²) < 4.78 is 1.80. The van der Waals surface area contributed by atoms with Gasteiger partial charge in [-0.2, -0.15) is 0 Å². The lowest BCUT2D eigenvalue weighted by Crippen LogP contribution is -2.48. The number of rotatable bonds is 4. The molecule has 0 aliphatic carbocycles. The fourth-order valence-electron chi connectivity index (χ4n) is 4.75. The van der Waals surface area contributed by atoms with Crippen LogP contribution >= 0.6 is 0 Å². The molecule has 4 heterocycles. The normalized spacial score (nSPS) is 24.8. The maximum atomic E-state index is 13.1. The van der Waals surface area contributed by atoms with Crippen molar-refractivity contribution in [1.82, 2.24) is 30.1 Å². The largest absolute Gasteiger partial charge is 0.337 e. The summed E-state index contributed by atoms with van der Waals surface area (Å²) in [6.45, 7) is 2.52. The summed E-state index contributed by atoms with van der Waals surface area (Å²) in [7, 11) is 0. The first-order valence-corrected chi connectivity index (χ1v) is 10.4. The third-order valence-corrected chi connectivity index (χ3v) is 6.19. The average Bonchev–Trinajstić information content (AvgIpc) is 3.41. The van der Waals surface area contributed by atoms with Crippen molar-refractivity contribution < 1.29 is 4.79 Å². The van der Waals surface area contributed by atoms with Gasteiger partial charge in [0.2, 0.25) is 5.78 Å². The van der Waals surface area contributed by atoms with Crippen molar-refractivity contribution in [3.8, 4) is 0 Å². The second-order valence-electron chi connectivity index (χ2n) is 8.11. The number of benzene rings is 1. The van der Waals surface area contributed by atoms with Gasteiger partial charge in [0.1, 0.15) is 5.69 Å². The van der Waals surface area contributed by atoms with Crippen LogP contribution in [0.5, 0.6) is 0 Å². The number of hydrazine groups is 1. The van der Waals surface area contributed by atoms with E-state index in [1.807, 2.05) is 17.2 Å². The van der Waals surface area contributed by atoms with Crippen LogP contribution in [0.4, 0.5) is 0 Å². The van der Waals surface area contributed by atoms with E-state index < -0.39 is 0 Å². The number of amides is 1. The third kappa shape index (κ3) is 3.75. The summed E-state index contributed by atoms with van der Waals surface area (Å²) in [5, 5.41) is 0. The smallest absolute Gasteiger partial charge is 0.274 e. The molecule has 1 amide bonds. The lowest BCUT2D eigenvalue weighted by Gasteiger charge is -2.37. The van der Waals surface area contributed by atoms with Crippen LogP contribution in [0.2, 0.25) is 0 Å². The minimum atomic E-state index is 0.00534. The van der Waals surface area contributed by atoms with Crippen molar-refractivity contribution >= 4 is 11.7 Å². The maximum Gasteiger partial charge on any atom is 0.274 e. The Bertz CT molecular complexity index is 954. The highest BCUT2D eigenvalue weighted by molar-refractivity contribution is 5.92. The van der Waals surface area contributed by atoms with Crippen LogP contribution in [0.15, 0.2) is 55.0 Å². The molecule has 2 aromatic heterocycles. The Morgan fingerprint density at radius 3 is 2.97 bits per heavy atom. The van der Waals surface area contributed by atoms with Crippen LogP contribution in [0.1, 0.15) is 28.9 Å². The van der Waals surface area contributed by atoms with Gasteiger partial charge in [0.25, 0.3) is 5.91 Å². The minimum Gasteiger partial charge on any atom is -0.337 e. The zero-order chi connectivity index (χ0) is 19.6. The molecule has 0 spiro atoms. The number of carbonyl (C=O) groups excluding carboxylic acids is 1. The van der Waals surface area contributed by atoms with Gasteiger partial charge in [-0.25, -0.2) is 9.97 Å². The predicted molar refractivity (Wildman–Crippen MR) is 110 cm³/mol. The van der Waals surface area contributed by atoms with Gasteiger partial charge in [-0.1, -0.05) is 30.3 Å². The molecule has 1 aromatic carbocycles. The summed E-state index contributed by atoms with van der Waals surface area (Å²) in [6, 6.07) is 12.9. The Hall–Kier alpha value is -2.77. The number of imidazole rings is 1. The first-order chi connectivity index (χ1) is 14.3. The van der Waals surface area contributed by atoms with E-state index in [1.165, 1.54) is 5.56 Å². The van der Waals surface area contributed by atoms with E-state index in [9.17, 15) is 4.79 Å². The fourth-order valence-corrected chi connectivity index (χ4v) is 4.75. The lowest BCUT2D eigenvalue weighted by atomic mass is 9.81. The van der Waals surface area contributed by atoms with E-state index in [4.69, 9.17) is 0 Å². The summed E-state index contributed by atoms with van der Waals surface area (Å²) in [6.07, 6.45) is 8.56. The molecule has 2 N–H and O–H groups in total. The molecule has 0 radical (unpaired) electrons. The van der Waals surface area contributed by atoms with Crippen molar-refractivity contribution in [3.05, 3.63) is 66.2 Å². The highest BCUT2D eigenvalue weighted by Crippen LogP contribution is 2.28. The van der Waals surface area contributed by atoms with Gasteiger partial charge in [0.15, 0.2) is 0 Å². The molecule has 3 unspecified atom stereocenters. The van der Waals surface area contributed by atoms with Gasteiger partial charge >= 0.3 is 0 Å². The average molecular weight is 390 g/mol. The molecule has 29 heavy (non-hydrogen) atoms. The summed E-state index contributed by atoms with van der Waals surface area (Å²) in [4.78, 5) is 23.7. The Balaban J connectivity index is 1.29. The quantitative estimate of drug-likeness (QED) is 0.712. The number of nitrogens with one attached hydrogen (secondary N) is 2. The molecule has 7 nitrogen and oxygen atoms in total. The zero-order valence-electron chi connectivity index (χ0n) is 16.4. The fraction of sp³-hybridized carbons (Fsp3) is 0.409. The van der Waals surface area contributed by atoms with E-state index in [1.54, 1.807) is 16.8 Å². The highest BCUT2D eigenvalue weighted by Gasteiger charge is 2.37. The molecular formula is C22H26N6O. The number of piperidine rings is 1. The number of likely N-dealkylation sites (tertiary alicyclic amines) is 1. The SMILES string of the molecule is O=C(c1cn2cccnc2n1)N1CCCC(C2NNCC2Cc2ccccc2)C1. The molecule has 3 atom stereocenters. The lowest BCUT2D eigenvalue weighted by molar-refractivity contribution is 0.0630. The molecular weight excluding hydrogens is 364 g/mol. The summed E-state index contributed by atoms with van der Waals surface area (Å²) in [5.74, 6) is 1.53. The first kappa shape index (κ1) is 18.3. The minimum absolute atomic E-state index is 0.00534. The molecule has 150 valence electrons. The Morgan fingerprint density at radius 1 is 1.21 bits per heavy atom. The molecule has 2 aliphatic heterocycles. The molecule has 0 saturated carbocycles. The number of aromatic nitrogens is 3. The van der Waals surface area contributed by atoms with Crippen LogP contribution in [-0.4, -0.2) is 50.9 Å². The highest BCUT2D eigenvalue weighted by atomic mass is 16.2. The summed E-state index contributed by atoms with van der Waals surface area (Å²) >= 11 is 0. The molecule has 2 fully saturated rings. The zero-order valence-corrected chi connectivity index (χ0v) is 16.4. The van der Waals surface area contributed by atoms with Gasteiger partial charge in [0, 0.05) is 44.3 Å². The van der Waals surface area contributed by atoms with Gasteiger partial charge in [-0.05, 0) is 42.7 Å².